The molecule has 1 aliphatic rings. The Balaban J connectivity index is 2.65. The van der Waals surface area contributed by atoms with Crippen LogP contribution in [0, 0.1) is 5.41 Å². The van der Waals surface area contributed by atoms with E-state index in [1.165, 1.54) is 48.7 Å². The molecule has 0 aromatic carbocycles. The molecule has 0 N–H and O–H groups in total. The third kappa shape index (κ3) is 11.0. The van der Waals surface area contributed by atoms with Gasteiger partial charge in [-0.3, -0.25) is 0 Å². The molecule has 0 atom stereocenters. The van der Waals surface area contributed by atoms with E-state index in [9.17, 15) is 4.79 Å². The molecule has 2 heteroatoms. The van der Waals surface area contributed by atoms with Crippen molar-refractivity contribution in [3.63, 3.8) is 0 Å². The second-order valence-corrected chi connectivity index (χ2v) is 9.44. The quantitative estimate of drug-likeness (QED) is 0.201. The van der Waals surface area contributed by atoms with Crippen molar-refractivity contribution in [2.75, 3.05) is 7.11 Å². The zero-order chi connectivity index (χ0) is 24.9. The number of rotatable bonds is 9. The third-order valence-corrected chi connectivity index (χ3v) is 5.82. The summed E-state index contributed by atoms with van der Waals surface area (Å²) >= 11 is 0. The van der Waals surface area contributed by atoms with Crippen LogP contribution in [0.1, 0.15) is 67.7 Å². The van der Waals surface area contributed by atoms with Gasteiger partial charge in [0.1, 0.15) is 0 Å². The third-order valence-electron chi connectivity index (χ3n) is 5.82. The normalized spacial score (nSPS) is 19.0. The summed E-state index contributed by atoms with van der Waals surface area (Å²) in [5, 5.41) is 0. The van der Waals surface area contributed by atoms with Crippen LogP contribution in [0.15, 0.2) is 106 Å². The SMILES string of the molecule is COC(=O)/C(C)=C/C=C/C(C)=C/C=C/C=C(C)/C=C/C=C(C)/C=C/C1=C(C)CCCC1(C)C. The molecule has 0 bridgehead atoms. The van der Waals surface area contributed by atoms with Gasteiger partial charge in [-0.05, 0) is 64.9 Å². The monoisotopic (exact) mass is 446 g/mol. The van der Waals surface area contributed by atoms with E-state index >= 15 is 0 Å². The molecule has 178 valence electrons. The fraction of sp³-hybridized carbons (Fsp3) is 0.387. The van der Waals surface area contributed by atoms with E-state index < -0.39 is 0 Å². The molecule has 0 radical (unpaired) electrons. The van der Waals surface area contributed by atoms with E-state index in [4.69, 9.17) is 0 Å². The minimum atomic E-state index is -0.309. The van der Waals surface area contributed by atoms with Gasteiger partial charge in [0.25, 0.3) is 0 Å². The molecule has 0 saturated heterocycles. The first-order chi connectivity index (χ1) is 15.6. The van der Waals surface area contributed by atoms with Crippen molar-refractivity contribution in [1.29, 1.82) is 0 Å². The first-order valence-corrected chi connectivity index (χ1v) is 11.7. The molecule has 0 aromatic rings. The molecule has 33 heavy (non-hydrogen) atoms. The van der Waals surface area contributed by atoms with E-state index in [2.05, 4.69) is 75.8 Å². The highest BCUT2D eigenvalue weighted by Crippen LogP contribution is 2.40. The molecule has 0 heterocycles. The molecule has 0 aromatic heterocycles. The van der Waals surface area contributed by atoms with Gasteiger partial charge < -0.3 is 4.74 Å². The van der Waals surface area contributed by atoms with Gasteiger partial charge in [-0.25, -0.2) is 4.79 Å². The van der Waals surface area contributed by atoms with Crippen LogP contribution >= 0.6 is 0 Å². The van der Waals surface area contributed by atoms with Crippen molar-refractivity contribution >= 4 is 5.97 Å². The molecule has 0 fully saturated rings. The summed E-state index contributed by atoms with van der Waals surface area (Å²) in [5.41, 5.74) is 7.42. The number of ether oxygens (including phenoxy) is 1. The van der Waals surface area contributed by atoms with Crippen LogP contribution in [0.2, 0.25) is 0 Å². The predicted molar refractivity (Wildman–Crippen MR) is 144 cm³/mol. The maximum Gasteiger partial charge on any atom is 0.333 e. The van der Waals surface area contributed by atoms with Gasteiger partial charge in [-0.15, -0.1) is 0 Å². The number of carbonyl (C=O) groups is 1. The van der Waals surface area contributed by atoms with Crippen LogP contribution in [-0.2, 0) is 9.53 Å². The van der Waals surface area contributed by atoms with Gasteiger partial charge in [-0.1, -0.05) is 109 Å². The Morgan fingerprint density at radius 2 is 1.33 bits per heavy atom. The zero-order valence-corrected chi connectivity index (χ0v) is 21.9. The Bertz CT molecular complexity index is 951. The minimum absolute atomic E-state index is 0.280. The van der Waals surface area contributed by atoms with E-state index in [1.807, 2.05) is 37.3 Å². The fourth-order valence-electron chi connectivity index (χ4n) is 3.73. The maximum absolute atomic E-state index is 11.3. The second-order valence-electron chi connectivity index (χ2n) is 9.44. The van der Waals surface area contributed by atoms with Crippen molar-refractivity contribution in [2.24, 2.45) is 5.41 Å². The first-order valence-electron chi connectivity index (χ1n) is 11.7. The number of methoxy groups -OCH3 is 1. The van der Waals surface area contributed by atoms with Crippen LogP contribution in [0.25, 0.3) is 0 Å². The molecule has 1 aliphatic carbocycles. The standard InChI is InChI=1S/C31H42O2/c1-24(14-9-10-15-25(2)18-12-19-28(5)30(32)33-8)16-11-17-26(3)21-22-29-27(4)20-13-23-31(29,6)7/h9-12,14-19,21-22H,13,20,23H2,1-8H3/b10-9+,16-11+,18-12+,22-21+,24-14+,25-15+,26-17+,28-19+. The Hall–Kier alpha value is -2.87. The number of carbonyl (C=O) groups excluding carboxylic acids is 1. The average molecular weight is 447 g/mol. The smallest absolute Gasteiger partial charge is 0.333 e. The van der Waals surface area contributed by atoms with E-state index in [0.29, 0.717) is 5.57 Å². The maximum atomic E-state index is 11.3. The van der Waals surface area contributed by atoms with Gasteiger partial charge >= 0.3 is 5.97 Å². The van der Waals surface area contributed by atoms with Crippen molar-refractivity contribution < 1.29 is 9.53 Å². The van der Waals surface area contributed by atoms with E-state index in [1.54, 1.807) is 13.0 Å². The Labute approximate surface area is 202 Å². The molecule has 0 unspecified atom stereocenters. The second kappa shape index (κ2) is 14.3. The average Bonchev–Trinajstić information content (AvgIpc) is 2.75. The molecular weight excluding hydrogens is 404 g/mol. The molecule has 0 aliphatic heterocycles. The highest BCUT2D eigenvalue weighted by molar-refractivity contribution is 5.87. The number of esters is 1. The van der Waals surface area contributed by atoms with Crippen LogP contribution in [0.4, 0.5) is 0 Å². The van der Waals surface area contributed by atoms with E-state index in [-0.39, 0.29) is 11.4 Å². The molecule has 1 rings (SSSR count). The minimum Gasteiger partial charge on any atom is -0.466 e. The zero-order valence-electron chi connectivity index (χ0n) is 21.9. The van der Waals surface area contributed by atoms with Crippen molar-refractivity contribution in [3.05, 3.63) is 106 Å². The summed E-state index contributed by atoms with van der Waals surface area (Å²) in [6.07, 6.45) is 28.4. The Morgan fingerprint density at radius 3 is 1.88 bits per heavy atom. The summed E-state index contributed by atoms with van der Waals surface area (Å²) in [5.74, 6) is -0.309. The lowest BCUT2D eigenvalue weighted by Crippen LogP contribution is -2.19. The van der Waals surface area contributed by atoms with Crippen molar-refractivity contribution in [3.8, 4) is 0 Å². The van der Waals surface area contributed by atoms with Gasteiger partial charge in [0.05, 0.1) is 7.11 Å². The Morgan fingerprint density at radius 1 is 0.818 bits per heavy atom. The topological polar surface area (TPSA) is 26.3 Å². The van der Waals surface area contributed by atoms with Crippen LogP contribution < -0.4 is 0 Å². The molecular formula is C31H42O2. The summed E-state index contributed by atoms with van der Waals surface area (Å²) in [7, 11) is 1.39. The lowest BCUT2D eigenvalue weighted by molar-refractivity contribution is -0.136. The van der Waals surface area contributed by atoms with Gasteiger partial charge in [0.15, 0.2) is 0 Å². The Kier molecular flexibility index (Phi) is 12.2. The predicted octanol–water partition coefficient (Wildman–Crippen LogP) is 8.70. The van der Waals surface area contributed by atoms with Crippen LogP contribution in [0.5, 0.6) is 0 Å². The number of hydrogen-bond donors (Lipinski definition) is 0. The molecule has 0 amide bonds. The lowest BCUT2D eigenvalue weighted by atomic mass is 9.72. The van der Waals surface area contributed by atoms with Gasteiger partial charge in [0.2, 0.25) is 0 Å². The van der Waals surface area contributed by atoms with Crippen LogP contribution in [-0.4, -0.2) is 13.1 Å². The van der Waals surface area contributed by atoms with Gasteiger partial charge in [0, 0.05) is 5.57 Å². The molecule has 0 spiro atoms. The van der Waals surface area contributed by atoms with E-state index in [0.717, 1.165) is 5.57 Å². The number of hydrogen-bond acceptors (Lipinski definition) is 2. The summed E-state index contributed by atoms with van der Waals surface area (Å²) in [4.78, 5) is 11.3. The largest absolute Gasteiger partial charge is 0.466 e. The van der Waals surface area contributed by atoms with Crippen molar-refractivity contribution in [1.82, 2.24) is 0 Å². The highest BCUT2D eigenvalue weighted by Gasteiger charge is 2.26. The molecule has 2 nitrogen and oxygen atoms in total. The van der Waals surface area contributed by atoms with Crippen LogP contribution in [0.3, 0.4) is 0 Å². The van der Waals surface area contributed by atoms with Crippen molar-refractivity contribution in [2.45, 2.75) is 67.7 Å². The first kappa shape index (κ1) is 28.2. The summed E-state index contributed by atoms with van der Waals surface area (Å²) in [6.45, 7) is 15.0. The van der Waals surface area contributed by atoms with Gasteiger partial charge in [-0.2, -0.15) is 0 Å². The lowest BCUT2D eigenvalue weighted by Gasteiger charge is -2.32. The molecule has 0 saturated carbocycles. The highest BCUT2D eigenvalue weighted by atomic mass is 16.5. The summed E-state index contributed by atoms with van der Waals surface area (Å²) in [6, 6.07) is 0. The number of allylic oxidation sites excluding steroid dienone is 17. The fourth-order valence-corrected chi connectivity index (χ4v) is 3.73. The summed E-state index contributed by atoms with van der Waals surface area (Å²) < 4.78 is 4.67.